The molecule has 28 heavy (non-hydrogen) atoms. The molecular formula is C20H22O8. The summed E-state index contributed by atoms with van der Waals surface area (Å²) in [5.41, 5.74) is 1.35. The molecule has 0 radical (unpaired) electrons. The van der Waals surface area contributed by atoms with Crippen LogP contribution in [0.5, 0.6) is 5.75 Å². The van der Waals surface area contributed by atoms with Gasteiger partial charge in [0.25, 0.3) is 0 Å². The van der Waals surface area contributed by atoms with Crippen molar-refractivity contribution < 1.29 is 39.8 Å². The highest BCUT2D eigenvalue weighted by Gasteiger charge is 2.43. The molecule has 0 amide bonds. The fourth-order valence-corrected chi connectivity index (χ4v) is 3.12. The van der Waals surface area contributed by atoms with E-state index in [2.05, 4.69) is 0 Å². The minimum atomic E-state index is -1.46. The second-order valence-corrected chi connectivity index (χ2v) is 6.62. The molecule has 0 bridgehead atoms. The number of aromatic carboxylic acids is 1. The van der Waals surface area contributed by atoms with E-state index in [-0.39, 0.29) is 12.2 Å². The Kier molecular flexibility index (Phi) is 6.28. The van der Waals surface area contributed by atoms with Crippen molar-refractivity contribution in [1.82, 2.24) is 0 Å². The monoisotopic (exact) mass is 390 g/mol. The predicted octanol–water partition coefficient (Wildman–Crippen LogP) is 0.479. The van der Waals surface area contributed by atoms with Gasteiger partial charge in [0.2, 0.25) is 0 Å². The molecule has 1 aliphatic heterocycles. The number of ether oxygens (including phenoxy) is 2. The Bertz CT molecular complexity index is 821. The molecule has 2 aromatic carbocycles. The van der Waals surface area contributed by atoms with Crippen LogP contribution in [0.25, 0.3) is 0 Å². The molecule has 1 unspecified atom stereocenters. The molecule has 1 saturated heterocycles. The lowest BCUT2D eigenvalue weighted by Crippen LogP contribution is -2.55. The van der Waals surface area contributed by atoms with E-state index in [1.165, 1.54) is 12.1 Å². The van der Waals surface area contributed by atoms with E-state index < -0.39 is 43.1 Å². The molecule has 0 aromatic heterocycles. The highest BCUT2D eigenvalue weighted by molar-refractivity contribution is 5.87. The smallest absolute Gasteiger partial charge is 0.335 e. The number of benzene rings is 2. The average molecular weight is 390 g/mol. The normalized spacial score (nSPS) is 27.4. The van der Waals surface area contributed by atoms with Crippen molar-refractivity contribution in [2.45, 2.75) is 37.1 Å². The Balaban J connectivity index is 1.73. The van der Waals surface area contributed by atoms with Crippen LogP contribution in [-0.2, 0) is 11.3 Å². The zero-order valence-corrected chi connectivity index (χ0v) is 14.9. The maximum absolute atomic E-state index is 11.0. The van der Waals surface area contributed by atoms with Crippen molar-refractivity contribution >= 4 is 5.97 Å². The molecule has 5 atom stereocenters. The van der Waals surface area contributed by atoms with Gasteiger partial charge in [0.1, 0.15) is 42.9 Å². The maximum atomic E-state index is 11.0. The van der Waals surface area contributed by atoms with Crippen LogP contribution in [0.4, 0.5) is 0 Å². The molecule has 150 valence electrons. The van der Waals surface area contributed by atoms with Gasteiger partial charge < -0.3 is 35.0 Å². The van der Waals surface area contributed by atoms with E-state index in [0.29, 0.717) is 16.9 Å². The molecule has 8 heteroatoms. The quantitative estimate of drug-likeness (QED) is 0.480. The second kappa shape index (κ2) is 8.68. The summed E-state index contributed by atoms with van der Waals surface area (Å²) in [5.74, 6) is -0.568. The summed E-state index contributed by atoms with van der Waals surface area (Å²) >= 11 is 0. The predicted molar refractivity (Wildman–Crippen MR) is 96.9 cm³/mol. The van der Waals surface area contributed by atoms with Gasteiger partial charge in [-0.1, -0.05) is 24.3 Å². The molecule has 3 rings (SSSR count). The zero-order valence-electron chi connectivity index (χ0n) is 14.9. The van der Waals surface area contributed by atoms with Gasteiger partial charge in [-0.15, -0.1) is 0 Å². The molecule has 0 aliphatic carbocycles. The summed E-state index contributed by atoms with van der Waals surface area (Å²) in [5, 5.41) is 48.4. The molecule has 0 saturated carbocycles. The summed E-state index contributed by atoms with van der Waals surface area (Å²) in [6.45, 7) is -0.364. The lowest BCUT2D eigenvalue weighted by molar-refractivity contribution is -0.231. The number of aliphatic hydroxyl groups is 4. The Morgan fingerprint density at radius 1 is 1.00 bits per heavy atom. The molecule has 1 fully saturated rings. The second-order valence-electron chi connectivity index (χ2n) is 6.62. The summed E-state index contributed by atoms with van der Waals surface area (Å²) in [7, 11) is 0. The van der Waals surface area contributed by atoms with E-state index in [1.807, 2.05) is 0 Å². The van der Waals surface area contributed by atoms with Crippen LogP contribution in [0, 0.1) is 0 Å². The summed E-state index contributed by atoms with van der Waals surface area (Å²) < 4.78 is 11.2. The Labute approximate surface area is 161 Å². The number of carboxylic acid groups (broad SMARTS) is 1. The van der Waals surface area contributed by atoms with E-state index >= 15 is 0 Å². The van der Waals surface area contributed by atoms with Crippen molar-refractivity contribution in [3.05, 3.63) is 65.2 Å². The van der Waals surface area contributed by atoms with Gasteiger partial charge in [-0.3, -0.25) is 0 Å². The lowest BCUT2D eigenvalue weighted by atomic mass is 9.91. The van der Waals surface area contributed by atoms with Crippen LogP contribution < -0.4 is 4.74 Å². The minimum absolute atomic E-state index is 0.138. The SMILES string of the molecule is O=C(O)c1cccc(COc2cccc(C3O[C@H](CO)[C@@H](O)[C@H](O)[C@@H]3O)c2)c1. The first-order valence-electron chi connectivity index (χ1n) is 8.76. The maximum Gasteiger partial charge on any atom is 0.335 e. The van der Waals surface area contributed by atoms with E-state index in [9.17, 15) is 25.2 Å². The van der Waals surface area contributed by atoms with Gasteiger partial charge in [0, 0.05) is 0 Å². The molecule has 8 nitrogen and oxygen atoms in total. The van der Waals surface area contributed by atoms with Gasteiger partial charge in [-0.05, 0) is 35.4 Å². The minimum Gasteiger partial charge on any atom is -0.489 e. The highest BCUT2D eigenvalue weighted by Crippen LogP contribution is 2.33. The van der Waals surface area contributed by atoms with Gasteiger partial charge >= 0.3 is 5.97 Å². The largest absolute Gasteiger partial charge is 0.489 e. The number of hydrogen-bond donors (Lipinski definition) is 5. The average Bonchev–Trinajstić information content (AvgIpc) is 2.71. The fraction of sp³-hybridized carbons (Fsp3) is 0.350. The Morgan fingerprint density at radius 2 is 1.75 bits per heavy atom. The first-order valence-corrected chi connectivity index (χ1v) is 8.76. The van der Waals surface area contributed by atoms with Crippen molar-refractivity contribution in [3.63, 3.8) is 0 Å². The van der Waals surface area contributed by atoms with Crippen LogP contribution in [0.3, 0.4) is 0 Å². The van der Waals surface area contributed by atoms with E-state index in [0.717, 1.165) is 0 Å². The first-order chi connectivity index (χ1) is 13.4. The molecular weight excluding hydrogens is 368 g/mol. The number of carboxylic acids is 1. The van der Waals surface area contributed by atoms with Crippen LogP contribution in [0.2, 0.25) is 0 Å². The third kappa shape index (κ3) is 4.32. The van der Waals surface area contributed by atoms with Crippen LogP contribution in [-0.4, -0.2) is 62.5 Å². The number of rotatable bonds is 6. The molecule has 1 aliphatic rings. The fourth-order valence-electron chi connectivity index (χ4n) is 3.12. The highest BCUT2D eigenvalue weighted by atomic mass is 16.5. The number of aliphatic hydroxyl groups excluding tert-OH is 4. The standard InChI is InChI=1S/C20H22O8/c21-9-15-16(22)17(23)18(24)19(28-15)12-4-2-6-14(8-12)27-10-11-3-1-5-13(7-11)20(25)26/h1-8,15-19,21-24H,9-10H2,(H,25,26)/t15-,16-,17+,18+,19?/m1/s1. The molecule has 0 spiro atoms. The number of hydrogen-bond acceptors (Lipinski definition) is 7. The van der Waals surface area contributed by atoms with Crippen molar-refractivity contribution in [3.8, 4) is 5.75 Å². The van der Waals surface area contributed by atoms with E-state index in [4.69, 9.17) is 14.6 Å². The van der Waals surface area contributed by atoms with E-state index in [1.54, 1.807) is 36.4 Å². The lowest BCUT2D eigenvalue weighted by Gasteiger charge is -2.40. The Hall–Kier alpha value is -2.49. The molecule has 1 heterocycles. The first kappa shape index (κ1) is 20.2. The third-order valence-corrected chi connectivity index (χ3v) is 4.66. The Morgan fingerprint density at radius 3 is 2.46 bits per heavy atom. The summed E-state index contributed by atoms with van der Waals surface area (Å²) in [6.07, 6.45) is -6.20. The summed E-state index contributed by atoms with van der Waals surface area (Å²) in [4.78, 5) is 11.0. The van der Waals surface area contributed by atoms with Crippen molar-refractivity contribution in [2.75, 3.05) is 6.61 Å². The third-order valence-electron chi connectivity index (χ3n) is 4.66. The van der Waals surface area contributed by atoms with Gasteiger partial charge in [-0.2, -0.15) is 0 Å². The topological polar surface area (TPSA) is 137 Å². The van der Waals surface area contributed by atoms with Gasteiger partial charge in [0.05, 0.1) is 12.2 Å². The van der Waals surface area contributed by atoms with Crippen LogP contribution in [0.15, 0.2) is 48.5 Å². The number of carbonyl (C=O) groups is 1. The van der Waals surface area contributed by atoms with Crippen LogP contribution in [0.1, 0.15) is 27.6 Å². The van der Waals surface area contributed by atoms with Gasteiger partial charge in [0.15, 0.2) is 0 Å². The molecule has 5 N–H and O–H groups in total. The molecule has 2 aromatic rings. The van der Waals surface area contributed by atoms with Crippen LogP contribution >= 0.6 is 0 Å². The van der Waals surface area contributed by atoms with Gasteiger partial charge in [-0.25, -0.2) is 4.79 Å². The summed E-state index contributed by atoms with van der Waals surface area (Å²) in [6, 6.07) is 13.0. The zero-order chi connectivity index (χ0) is 20.3. The van der Waals surface area contributed by atoms with Crippen molar-refractivity contribution in [1.29, 1.82) is 0 Å². The van der Waals surface area contributed by atoms with Crippen molar-refractivity contribution in [2.24, 2.45) is 0 Å².